The molecular formula is C13H18FN3O2. The Hall–Kier alpha value is -2.11. The molecule has 6 heteroatoms. The second-order valence-corrected chi connectivity index (χ2v) is 4.33. The van der Waals surface area contributed by atoms with Gasteiger partial charge in [-0.05, 0) is 37.1 Å². The molecule has 0 aliphatic rings. The predicted octanol–water partition coefficient (Wildman–Crippen LogP) is 1.78. The molecule has 0 bridgehead atoms. The summed E-state index contributed by atoms with van der Waals surface area (Å²) in [7, 11) is 0. The van der Waals surface area contributed by atoms with Crippen LogP contribution in [0.3, 0.4) is 0 Å². The van der Waals surface area contributed by atoms with Gasteiger partial charge in [0, 0.05) is 18.0 Å². The van der Waals surface area contributed by atoms with Gasteiger partial charge in [0.25, 0.3) is 5.91 Å². The molecule has 4 N–H and O–H groups in total. The number of carbonyl (C=O) groups is 1. The number of benzene rings is 1. The van der Waals surface area contributed by atoms with E-state index < -0.39 is 0 Å². The first-order valence-corrected chi connectivity index (χ1v) is 6.01. The molecule has 1 amide bonds. The Labute approximate surface area is 111 Å². The predicted molar refractivity (Wildman–Crippen MR) is 70.7 cm³/mol. The number of hydrogen-bond acceptors (Lipinski definition) is 3. The van der Waals surface area contributed by atoms with E-state index >= 15 is 0 Å². The van der Waals surface area contributed by atoms with Gasteiger partial charge in [0.2, 0.25) is 0 Å². The monoisotopic (exact) mass is 267 g/mol. The Morgan fingerprint density at radius 3 is 2.79 bits per heavy atom. The number of amidine groups is 1. The number of nitrogens with two attached hydrogens (primary N) is 1. The van der Waals surface area contributed by atoms with Crippen LogP contribution in [0.4, 0.5) is 4.39 Å². The molecule has 1 rings (SSSR count). The van der Waals surface area contributed by atoms with Crippen LogP contribution < -0.4 is 11.1 Å². The van der Waals surface area contributed by atoms with Crippen molar-refractivity contribution in [3.8, 4) is 0 Å². The van der Waals surface area contributed by atoms with Crippen LogP contribution in [0.5, 0.6) is 0 Å². The average Bonchev–Trinajstić information content (AvgIpc) is 2.37. The minimum atomic E-state index is -0.377. The van der Waals surface area contributed by atoms with Gasteiger partial charge >= 0.3 is 0 Å². The lowest BCUT2D eigenvalue weighted by Gasteiger charge is -2.17. The van der Waals surface area contributed by atoms with Crippen LogP contribution in [-0.4, -0.2) is 23.0 Å². The van der Waals surface area contributed by atoms with Gasteiger partial charge in [-0.2, -0.15) is 0 Å². The summed E-state index contributed by atoms with van der Waals surface area (Å²) < 4.78 is 13.0. The van der Waals surface area contributed by atoms with E-state index in [2.05, 4.69) is 10.5 Å². The molecule has 1 unspecified atom stereocenters. The number of rotatable bonds is 5. The summed E-state index contributed by atoms with van der Waals surface area (Å²) in [4.78, 5) is 12.0. The van der Waals surface area contributed by atoms with Crippen molar-refractivity contribution in [3.05, 3.63) is 35.1 Å². The van der Waals surface area contributed by atoms with E-state index in [1.54, 1.807) is 6.92 Å². The third-order valence-electron chi connectivity index (χ3n) is 2.85. The van der Waals surface area contributed by atoms with Crippen molar-refractivity contribution in [1.29, 1.82) is 0 Å². The molecule has 1 aromatic rings. The maximum atomic E-state index is 13.0. The Balaban J connectivity index is 2.77. The number of halogens is 1. The van der Waals surface area contributed by atoms with Crippen molar-refractivity contribution < 1.29 is 14.4 Å². The Morgan fingerprint density at radius 1 is 1.58 bits per heavy atom. The highest BCUT2D eigenvalue weighted by molar-refractivity contribution is 5.96. The van der Waals surface area contributed by atoms with Crippen molar-refractivity contribution in [3.63, 3.8) is 0 Å². The lowest BCUT2D eigenvalue weighted by atomic mass is 10.1. The summed E-state index contributed by atoms with van der Waals surface area (Å²) in [6.07, 6.45) is 0.904. The van der Waals surface area contributed by atoms with Gasteiger partial charge in [-0.25, -0.2) is 4.39 Å². The number of hydrogen-bond donors (Lipinski definition) is 3. The molecule has 1 aromatic carbocycles. The van der Waals surface area contributed by atoms with Gasteiger partial charge in [-0.3, -0.25) is 4.79 Å². The Bertz CT molecular complexity index is 489. The van der Waals surface area contributed by atoms with Crippen molar-refractivity contribution in [2.24, 2.45) is 10.9 Å². The quantitative estimate of drug-likeness (QED) is 0.329. The number of carbonyl (C=O) groups excluding carboxylic acids is 1. The van der Waals surface area contributed by atoms with E-state index in [1.807, 2.05) is 6.92 Å². The van der Waals surface area contributed by atoms with Gasteiger partial charge in [-0.1, -0.05) is 12.1 Å². The molecule has 0 aliphatic heterocycles. The number of aryl methyl sites for hydroxylation is 1. The van der Waals surface area contributed by atoms with Crippen molar-refractivity contribution in [1.82, 2.24) is 5.32 Å². The number of nitrogens with zero attached hydrogens (tertiary/aromatic N) is 1. The molecule has 5 nitrogen and oxygen atoms in total. The molecule has 104 valence electrons. The first-order chi connectivity index (χ1) is 8.97. The molecule has 0 saturated heterocycles. The molecule has 0 spiro atoms. The maximum Gasteiger partial charge on any atom is 0.251 e. The summed E-state index contributed by atoms with van der Waals surface area (Å²) in [5.74, 6) is -0.615. The minimum absolute atomic E-state index is 0.0583. The van der Waals surface area contributed by atoms with Crippen LogP contribution in [-0.2, 0) is 0 Å². The van der Waals surface area contributed by atoms with Crippen molar-refractivity contribution in [2.75, 3.05) is 0 Å². The third kappa shape index (κ3) is 4.24. The van der Waals surface area contributed by atoms with Crippen molar-refractivity contribution >= 4 is 11.7 Å². The number of nitrogens with one attached hydrogen (secondary N) is 1. The molecule has 0 aromatic heterocycles. The fourth-order valence-electron chi connectivity index (χ4n) is 1.74. The zero-order valence-electron chi connectivity index (χ0n) is 11.0. The summed E-state index contributed by atoms with van der Waals surface area (Å²) >= 11 is 0. The Kier molecular flexibility index (Phi) is 5.29. The maximum absolute atomic E-state index is 13.0. The topological polar surface area (TPSA) is 87.7 Å². The zero-order valence-corrected chi connectivity index (χ0v) is 11.0. The molecule has 19 heavy (non-hydrogen) atoms. The van der Waals surface area contributed by atoms with E-state index in [-0.39, 0.29) is 30.0 Å². The van der Waals surface area contributed by atoms with Gasteiger partial charge in [0.1, 0.15) is 11.7 Å². The lowest BCUT2D eigenvalue weighted by Crippen LogP contribution is -2.37. The molecule has 0 saturated carbocycles. The van der Waals surface area contributed by atoms with Gasteiger partial charge in [0.15, 0.2) is 0 Å². The molecule has 0 heterocycles. The standard InChI is InChI=1S/C13H18FN3O2/c1-3-10(7-12(15)17-19)16-13(18)11-5-4-9(14)6-8(11)2/h4-6,10,19H,3,7H2,1-2H3,(H2,15,17)(H,16,18). The highest BCUT2D eigenvalue weighted by Gasteiger charge is 2.15. The van der Waals surface area contributed by atoms with E-state index in [4.69, 9.17) is 10.9 Å². The molecule has 0 aliphatic carbocycles. The highest BCUT2D eigenvalue weighted by Crippen LogP contribution is 2.11. The van der Waals surface area contributed by atoms with E-state index in [9.17, 15) is 9.18 Å². The van der Waals surface area contributed by atoms with E-state index in [0.717, 1.165) is 0 Å². The second-order valence-electron chi connectivity index (χ2n) is 4.33. The summed E-state index contributed by atoms with van der Waals surface area (Å²) in [5, 5.41) is 14.2. The highest BCUT2D eigenvalue weighted by atomic mass is 19.1. The third-order valence-corrected chi connectivity index (χ3v) is 2.85. The van der Waals surface area contributed by atoms with Crippen LogP contribution in [0.15, 0.2) is 23.4 Å². The first-order valence-electron chi connectivity index (χ1n) is 6.01. The molecule has 1 atom stereocenters. The first kappa shape index (κ1) is 14.9. The molecule has 0 radical (unpaired) electrons. The van der Waals surface area contributed by atoms with Gasteiger partial charge < -0.3 is 16.3 Å². The zero-order chi connectivity index (χ0) is 14.4. The smallest absolute Gasteiger partial charge is 0.251 e. The SMILES string of the molecule is CCC(C/C(N)=N/O)NC(=O)c1ccc(F)cc1C. The molecular weight excluding hydrogens is 249 g/mol. The minimum Gasteiger partial charge on any atom is -0.409 e. The lowest BCUT2D eigenvalue weighted by molar-refractivity contribution is 0.0936. The van der Waals surface area contributed by atoms with Crippen LogP contribution in [0.2, 0.25) is 0 Å². The summed E-state index contributed by atoms with van der Waals surface area (Å²) in [6, 6.07) is 3.76. The number of oxime groups is 1. The molecule has 0 fully saturated rings. The fraction of sp³-hybridized carbons (Fsp3) is 0.385. The van der Waals surface area contributed by atoms with Gasteiger partial charge in [-0.15, -0.1) is 0 Å². The van der Waals surface area contributed by atoms with Crippen LogP contribution in [0.25, 0.3) is 0 Å². The summed E-state index contributed by atoms with van der Waals surface area (Å²) in [5.41, 5.74) is 6.39. The van der Waals surface area contributed by atoms with Crippen LogP contribution >= 0.6 is 0 Å². The fourth-order valence-corrected chi connectivity index (χ4v) is 1.74. The van der Waals surface area contributed by atoms with E-state index in [0.29, 0.717) is 17.5 Å². The summed E-state index contributed by atoms with van der Waals surface area (Å²) in [6.45, 7) is 3.55. The average molecular weight is 267 g/mol. The van der Waals surface area contributed by atoms with Crippen molar-refractivity contribution in [2.45, 2.75) is 32.7 Å². The largest absolute Gasteiger partial charge is 0.409 e. The van der Waals surface area contributed by atoms with E-state index in [1.165, 1.54) is 18.2 Å². The van der Waals surface area contributed by atoms with Crippen LogP contribution in [0, 0.1) is 12.7 Å². The normalized spacial score (nSPS) is 13.1. The number of amides is 1. The van der Waals surface area contributed by atoms with Gasteiger partial charge in [0.05, 0.1) is 0 Å². The Morgan fingerprint density at radius 2 is 2.26 bits per heavy atom. The van der Waals surface area contributed by atoms with Crippen LogP contribution in [0.1, 0.15) is 35.7 Å². The second kappa shape index (κ2) is 6.72.